The molecule has 1 aromatic rings. The number of benzene rings is 1. The average molecular weight is 269 g/mol. The quantitative estimate of drug-likeness (QED) is 0.589. The third-order valence-corrected chi connectivity index (χ3v) is 3.20. The molecule has 1 rings (SSSR count). The van der Waals surface area contributed by atoms with E-state index in [0.29, 0.717) is 12.0 Å². The van der Waals surface area contributed by atoms with Crippen LogP contribution in [0.15, 0.2) is 24.3 Å². The van der Waals surface area contributed by atoms with Crippen molar-refractivity contribution in [1.29, 1.82) is 0 Å². The Hall–Kier alpha value is -1.35. The van der Waals surface area contributed by atoms with Crippen LogP contribution < -0.4 is 0 Å². The maximum atomic E-state index is 11.6. The van der Waals surface area contributed by atoms with Crippen molar-refractivity contribution in [1.82, 2.24) is 0 Å². The number of carbonyl (C=O) groups excluding carboxylic acids is 2. The fourth-order valence-corrected chi connectivity index (χ4v) is 1.99. The molecule has 0 aromatic heterocycles. The minimum Gasteiger partial charge on any atom is -0.465 e. The number of alkyl halides is 1. The lowest BCUT2D eigenvalue weighted by Crippen LogP contribution is -2.17. The number of carbonyl (C=O) groups is 2. The molecule has 0 N–H and O–H groups in total. The number of methoxy groups -OCH3 is 1. The molecule has 0 spiro atoms. The lowest BCUT2D eigenvalue weighted by atomic mass is 9.93. The Labute approximate surface area is 112 Å². The first kappa shape index (κ1) is 14.7. The van der Waals surface area contributed by atoms with Crippen LogP contribution in [0.25, 0.3) is 0 Å². The van der Waals surface area contributed by atoms with E-state index >= 15 is 0 Å². The van der Waals surface area contributed by atoms with Gasteiger partial charge in [0.1, 0.15) is 0 Å². The molecular formula is C14H17ClO3. The third-order valence-electron chi connectivity index (χ3n) is 2.94. The Morgan fingerprint density at radius 1 is 1.28 bits per heavy atom. The average Bonchev–Trinajstić information content (AvgIpc) is 2.43. The van der Waals surface area contributed by atoms with Crippen LogP contribution in [0.5, 0.6) is 0 Å². The van der Waals surface area contributed by atoms with Gasteiger partial charge in [-0.25, -0.2) is 4.79 Å². The maximum absolute atomic E-state index is 11.6. The van der Waals surface area contributed by atoms with Gasteiger partial charge in [-0.2, -0.15) is 0 Å². The zero-order valence-corrected chi connectivity index (χ0v) is 11.4. The second-order valence-corrected chi connectivity index (χ2v) is 4.37. The van der Waals surface area contributed by atoms with Crippen molar-refractivity contribution in [2.24, 2.45) is 5.92 Å². The summed E-state index contributed by atoms with van der Waals surface area (Å²) in [5.74, 6) is -0.285. The van der Waals surface area contributed by atoms with Crippen LogP contribution in [-0.2, 0) is 16.0 Å². The van der Waals surface area contributed by atoms with Gasteiger partial charge in [-0.1, -0.05) is 19.1 Å². The smallest absolute Gasteiger partial charge is 0.337 e. The summed E-state index contributed by atoms with van der Waals surface area (Å²) in [6.07, 6.45) is 1.42. The Kier molecular flexibility index (Phi) is 5.86. The first-order valence-corrected chi connectivity index (χ1v) is 6.41. The number of rotatable bonds is 6. The zero-order chi connectivity index (χ0) is 13.5. The number of hydrogen-bond acceptors (Lipinski definition) is 3. The van der Waals surface area contributed by atoms with Crippen molar-refractivity contribution in [3.63, 3.8) is 0 Å². The van der Waals surface area contributed by atoms with Crippen LogP contribution in [0.2, 0.25) is 0 Å². The number of ketones is 1. The van der Waals surface area contributed by atoms with Crippen molar-refractivity contribution in [3.8, 4) is 0 Å². The highest BCUT2D eigenvalue weighted by atomic mass is 35.5. The Morgan fingerprint density at radius 3 is 2.33 bits per heavy atom. The van der Waals surface area contributed by atoms with Crippen molar-refractivity contribution in [3.05, 3.63) is 35.4 Å². The van der Waals surface area contributed by atoms with Gasteiger partial charge in [0.05, 0.1) is 18.6 Å². The molecule has 0 aliphatic heterocycles. The molecule has 0 aliphatic rings. The highest BCUT2D eigenvalue weighted by Gasteiger charge is 2.16. The summed E-state index contributed by atoms with van der Waals surface area (Å²) in [6.45, 7) is 1.97. The number of halogens is 1. The summed E-state index contributed by atoms with van der Waals surface area (Å²) in [5, 5.41) is 0. The van der Waals surface area contributed by atoms with E-state index in [4.69, 9.17) is 11.6 Å². The SMILES string of the molecule is CC[C@@H](Cc1ccc(C(=O)OC)cc1)C(=O)CCl. The topological polar surface area (TPSA) is 43.4 Å². The molecule has 0 heterocycles. The van der Waals surface area contributed by atoms with E-state index in [-0.39, 0.29) is 23.6 Å². The number of Topliss-reactive ketones (excluding diaryl/α,β-unsaturated/α-hetero) is 1. The molecule has 1 atom stereocenters. The standard InChI is InChI=1S/C14H17ClO3/c1-3-11(13(16)9-15)8-10-4-6-12(7-5-10)14(17)18-2/h4-7,11H,3,8-9H2,1-2H3/t11-/m0/s1. The second kappa shape index (κ2) is 7.17. The van der Waals surface area contributed by atoms with Crippen LogP contribution in [0, 0.1) is 5.92 Å². The van der Waals surface area contributed by atoms with Gasteiger partial charge in [0, 0.05) is 5.92 Å². The van der Waals surface area contributed by atoms with Gasteiger partial charge < -0.3 is 4.74 Å². The van der Waals surface area contributed by atoms with Gasteiger partial charge in [0.2, 0.25) is 0 Å². The van der Waals surface area contributed by atoms with Gasteiger partial charge in [-0.3, -0.25) is 4.79 Å². The summed E-state index contributed by atoms with van der Waals surface area (Å²) in [7, 11) is 1.35. The molecule has 0 radical (unpaired) electrons. The first-order valence-electron chi connectivity index (χ1n) is 5.88. The summed E-state index contributed by atoms with van der Waals surface area (Å²) < 4.78 is 4.62. The maximum Gasteiger partial charge on any atom is 0.337 e. The van der Waals surface area contributed by atoms with Crippen molar-refractivity contribution < 1.29 is 14.3 Å². The molecule has 0 fully saturated rings. The first-order chi connectivity index (χ1) is 8.62. The lowest BCUT2D eigenvalue weighted by Gasteiger charge is -2.12. The van der Waals surface area contributed by atoms with Gasteiger partial charge >= 0.3 is 5.97 Å². The minimum absolute atomic E-state index is 0.0496. The Balaban J connectivity index is 2.73. The molecule has 18 heavy (non-hydrogen) atoms. The summed E-state index contributed by atoms with van der Waals surface area (Å²) in [5.41, 5.74) is 1.53. The summed E-state index contributed by atoms with van der Waals surface area (Å²) >= 11 is 5.57. The minimum atomic E-state index is -0.356. The number of hydrogen-bond donors (Lipinski definition) is 0. The van der Waals surface area contributed by atoms with E-state index in [9.17, 15) is 9.59 Å². The van der Waals surface area contributed by atoms with E-state index in [1.54, 1.807) is 12.1 Å². The normalized spacial score (nSPS) is 11.9. The fraction of sp³-hybridized carbons (Fsp3) is 0.429. The molecule has 98 valence electrons. The van der Waals surface area contributed by atoms with Crippen molar-refractivity contribution in [2.75, 3.05) is 13.0 Å². The van der Waals surface area contributed by atoms with Gasteiger partial charge in [0.25, 0.3) is 0 Å². The molecule has 0 bridgehead atoms. The van der Waals surface area contributed by atoms with Gasteiger partial charge in [-0.05, 0) is 30.5 Å². The summed E-state index contributed by atoms with van der Waals surface area (Å²) in [4.78, 5) is 22.8. The predicted octanol–water partition coefficient (Wildman–Crippen LogP) is 2.85. The van der Waals surface area contributed by atoms with Crippen LogP contribution >= 0.6 is 11.6 Å². The molecule has 0 saturated heterocycles. The molecule has 0 unspecified atom stereocenters. The van der Waals surface area contributed by atoms with Crippen molar-refractivity contribution in [2.45, 2.75) is 19.8 Å². The number of esters is 1. The van der Waals surface area contributed by atoms with Crippen LogP contribution in [0.4, 0.5) is 0 Å². The van der Waals surface area contributed by atoms with Crippen LogP contribution in [0.1, 0.15) is 29.3 Å². The molecule has 1 aromatic carbocycles. The molecule has 3 nitrogen and oxygen atoms in total. The molecular weight excluding hydrogens is 252 g/mol. The second-order valence-electron chi connectivity index (χ2n) is 4.10. The molecule has 0 saturated carbocycles. The predicted molar refractivity (Wildman–Crippen MR) is 71.0 cm³/mol. The molecule has 4 heteroatoms. The van der Waals surface area contributed by atoms with E-state index < -0.39 is 0 Å². The van der Waals surface area contributed by atoms with E-state index in [1.165, 1.54) is 7.11 Å². The van der Waals surface area contributed by atoms with Crippen LogP contribution in [0.3, 0.4) is 0 Å². The zero-order valence-electron chi connectivity index (χ0n) is 10.6. The highest BCUT2D eigenvalue weighted by Crippen LogP contribution is 2.15. The van der Waals surface area contributed by atoms with Gasteiger partial charge in [-0.15, -0.1) is 11.6 Å². The molecule has 0 aliphatic carbocycles. The third kappa shape index (κ3) is 3.84. The van der Waals surface area contributed by atoms with E-state index in [2.05, 4.69) is 4.74 Å². The Morgan fingerprint density at radius 2 is 1.89 bits per heavy atom. The van der Waals surface area contributed by atoms with E-state index in [0.717, 1.165) is 12.0 Å². The highest BCUT2D eigenvalue weighted by molar-refractivity contribution is 6.27. The largest absolute Gasteiger partial charge is 0.465 e. The van der Waals surface area contributed by atoms with E-state index in [1.807, 2.05) is 19.1 Å². The molecule has 0 amide bonds. The Bertz CT molecular complexity index is 412. The monoisotopic (exact) mass is 268 g/mol. The van der Waals surface area contributed by atoms with Gasteiger partial charge in [0.15, 0.2) is 5.78 Å². The lowest BCUT2D eigenvalue weighted by molar-refractivity contribution is -0.120. The number of ether oxygens (including phenoxy) is 1. The van der Waals surface area contributed by atoms with Crippen LogP contribution in [-0.4, -0.2) is 24.7 Å². The summed E-state index contributed by atoms with van der Waals surface area (Å²) in [6, 6.07) is 7.10. The van der Waals surface area contributed by atoms with Crippen molar-refractivity contribution >= 4 is 23.4 Å². The fourth-order valence-electron chi connectivity index (χ4n) is 1.77.